The Morgan fingerprint density at radius 3 is 2.15 bits per heavy atom. The molecule has 2 N–H and O–H groups in total. The second-order valence-electron chi connectivity index (χ2n) is 7.66. The van der Waals surface area contributed by atoms with E-state index in [2.05, 4.69) is 10.6 Å². The first-order chi connectivity index (χ1) is 16.3. The first-order valence-electron chi connectivity index (χ1n) is 10.6. The van der Waals surface area contributed by atoms with E-state index in [4.69, 9.17) is 11.6 Å². The van der Waals surface area contributed by atoms with Crippen molar-refractivity contribution >= 4 is 56.6 Å². The van der Waals surface area contributed by atoms with Crippen LogP contribution in [0, 0.1) is 0 Å². The van der Waals surface area contributed by atoms with Crippen LogP contribution in [0.25, 0.3) is 6.08 Å². The van der Waals surface area contributed by atoms with E-state index in [0.717, 1.165) is 5.56 Å². The average molecular weight is 496 g/mol. The Balaban J connectivity index is 1.40. The molecule has 34 heavy (non-hydrogen) atoms. The molecular formula is C25H22ClN3O4S. The Bertz CT molecular complexity index is 1340. The van der Waals surface area contributed by atoms with Gasteiger partial charge in [-0.05, 0) is 66.6 Å². The van der Waals surface area contributed by atoms with Gasteiger partial charge in [-0.3, -0.25) is 13.9 Å². The van der Waals surface area contributed by atoms with Crippen molar-refractivity contribution in [2.45, 2.75) is 6.42 Å². The van der Waals surface area contributed by atoms with E-state index in [0.29, 0.717) is 40.6 Å². The van der Waals surface area contributed by atoms with E-state index < -0.39 is 10.0 Å². The Morgan fingerprint density at radius 2 is 1.53 bits per heavy atom. The molecule has 3 aromatic carbocycles. The lowest BCUT2D eigenvalue weighted by molar-refractivity contribution is -0.111. The van der Waals surface area contributed by atoms with Gasteiger partial charge < -0.3 is 10.6 Å². The number of hydrogen-bond donors (Lipinski definition) is 2. The number of para-hydroxylation sites is 2. The number of sulfonamides is 1. The molecule has 0 atom stereocenters. The molecule has 1 aliphatic rings. The van der Waals surface area contributed by atoms with Crippen LogP contribution in [0.4, 0.5) is 17.1 Å². The lowest BCUT2D eigenvalue weighted by Gasteiger charge is -2.16. The van der Waals surface area contributed by atoms with Crippen molar-refractivity contribution in [3.63, 3.8) is 0 Å². The number of benzene rings is 3. The zero-order valence-corrected chi connectivity index (χ0v) is 19.6. The van der Waals surface area contributed by atoms with E-state index in [1.165, 1.54) is 10.4 Å². The summed E-state index contributed by atoms with van der Waals surface area (Å²) in [7, 11) is -3.23. The van der Waals surface area contributed by atoms with Crippen molar-refractivity contribution in [1.29, 1.82) is 0 Å². The van der Waals surface area contributed by atoms with Gasteiger partial charge in [-0.25, -0.2) is 8.42 Å². The molecular weight excluding hydrogens is 474 g/mol. The van der Waals surface area contributed by atoms with E-state index >= 15 is 0 Å². The third-order valence-corrected chi connectivity index (χ3v) is 7.37. The van der Waals surface area contributed by atoms with Crippen LogP contribution in [0.15, 0.2) is 78.9 Å². The Hall–Kier alpha value is -3.62. The van der Waals surface area contributed by atoms with Crippen molar-refractivity contribution in [2.75, 3.05) is 27.2 Å². The predicted molar refractivity (Wildman–Crippen MR) is 136 cm³/mol. The molecule has 2 amide bonds. The number of halogens is 1. The highest BCUT2D eigenvalue weighted by Gasteiger charge is 2.28. The highest BCUT2D eigenvalue weighted by molar-refractivity contribution is 7.93. The molecule has 0 radical (unpaired) electrons. The van der Waals surface area contributed by atoms with Crippen molar-refractivity contribution in [3.05, 3.63) is 95.0 Å². The zero-order valence-electron chi connectivity index (χ0n) is 18.1. The second-order valence-corrected chi connectivity index (χ2v) is 10.1. The van der Waals surface area contributed by atoms with Gasteiger partial charge in [0.2, 0.25) is 15.9 Å². The molecule has 1 fully saturated rings. The molecule has 1 aliphatic heterocycles. The van der Waals surface area contributed by atoms with Gasteiger partial charge >= 0.3 is 0 Å². The van der Waals surface area contributed by atoms with Crippen molar-refractivity contribution in [2.24, 2.45) is 0 Å². The molecule has 0 unspecified atom stereocenters. The third-order valence-electron chi connectivity index (χ3n) is 5.25. The number of carbonyl (C=O) groups excluding carboxylic acids is 2. The standard InChI is InChI=1S/C25H22ClN3O4S/c26-20-11-9-19(10-12-20)25(31)28-23-5-2-1-4-22(23)27-24(30)15-8-18-6-13-21(14-7-18)29-16-3-17-34(29,32)33/h1-2,4-15H,3,16-17H2,(H,27,30)(H,28,31)/b15-8+. The van der Waals surface area contributed by atoms with Crippen LogP contribution in [0.3, 0.4) is 0 Å². The van der Waals surface area contributed by atoms with Gasteiger partial charge in [0.05, 0.1) is 22.8 Å². The van der Waals surface area contributed by atoms with Gasteiger partial charge in [0.15, 0.2) is 0 Å². The topological polar surface area (TPSA) is 95.6 Å². The van der Waals surface area contributed by atoms with Crippen LogP contribution in [0.5, 0.6) is 0 Å². The molecule has 0 aliphatic carbocycles. The SMILES string of the molecule is O=C(/C=C/c1ccc(N2CCCS2(=O)=O)cc1)Nc1ccccc1NC(=O)c1ccc(Cl)cc1. The number of rotatable bonds is 6. The Labute approximate surface area is 203 Å². The maximum Gasteiger partial charge on any atom is 0.255 e. The molecule has 0 spiro atoms. The quantitative estimate of drug-likeness (QED) is 0.481. The molecule has 1 saturated heterocycles. The lowest BCUT2D eigenvalue weighted by atomic mass is 10.2. The van der Waals surface area contributed by atoms with E-state index in [1.807, 2.05) is 0 Å². The minimum atomic E-state index is -3.23. The summed E-state index contributed by atoms with van der Waals surface area (Å²) >= 11 is 5.87. The van der Waals surface area contributed by atoms with Crippen molar-refractivity contribution in [3.8, 4) is 0 Å². The molecule has 4 rings (SSSR count). The monoisotopic (exact) mass is 495 g/mol. The largest absolute Gasteiger partial charge is 0.321 e. The first-order valence-corrected chi connectivity index (χ1v) is 12.6. The van der Waals surface area contributed by atoms with Gasteiger partial charge in [0.1, 0.15) is 0 Å². The maximum atomic E-state index is 12.5. The molecule has 0 bridgehead atoms. The van der Waals surface area contributed by atoms with Gasteiger partial charge in [-0.1, -0.05) is 35.9 Å². The fourth-order valence-corrected chi connectivity index (χ4v) is 5.21. The van der Waals surface area contributed by atoms with E-state index in [-0.39, 0.29) is 17.6 Å². The van der Waals surface area contributed by atoms with Gasteiger partial charge in [0, 0.05) is 23.2 Å². The number of amides is 2. The Kier molecular flexibility index (Phi) is 7.00. The molecule has 3 aromatic rings. The number of carbonyl (C=O) groups is 2. The van der Waals surface area contributed by atoms with Crippen LogP contribution in [-0.2, 0) is 14.8 Å². The smallest absolute Gasteiger partial charge is 0.255 e. The number of hydrogen-bond acceptors (Lipinski definition) is 4. The number of anilines is 3. The van der Waals surface area contributed by atoms with Gasteiger partial charge in [-0.2, -0.15) is 0 Å². The van der Waals surface area contributed by atoms with Crippen LogP contribution >= 0.6 is 11.6 Å². The predicted octanol–water partition coefficient (Wildman–Crippen LogP) is 4.78. The summed E-state index contributed by atoms with van der Waals surface area (Å²) in [5.41, 5.74) is 2.72. The summed E-state index contributed by atoms with van der Waals surface area (Å²) in [6.45, 7) is 0.480. The minimum absolute atomic E-state index is 0.163. The third kappa shape index (κ3) is 5.65. The lowest BCUT2D eigenvalue weighted by Crippen LogP contribution is -2.24. The van der Waals surface area contributed by atoms with Crippen molar-refractivity contribution in [1.82, 2.24) is 0 Å². The van der Waals surface area contributed by atoms with Gasteiger partial charge in [-0.15, -0.1) is 0 Å². The van der Waals surface area contributed by atoms with Crippen LogP contribution in [0.2, 0.25) is 5.02 Å². The average Bonchev–Trinajstić information content (AvgIpc) is 3.18. The minimum Gasteiger partial charge on any atom is -0.321 e. The summed E-state index contributed by atoms with van der Waals surface area (Å²) in [4.78, 5) is 25.0. The van der Waals surface area contributed by atoms with E-state index in [1.54, 1.807) is 78.9 Å². The van der Waals surface area contributed by atoms with Crippen molar-refractivity contribution < 1.29 is 18.0 Å². The zero-order chi connectivity index (χ0) is 24.1. The Morgan fingerprint density at radius 1 is 0.882 bits per heavy atom. The first kappa shape index (κ1) is 23.5. The molecule has 7 nitrogen and oxygen atoms in total. The highest BCUT2D eigenvalue weighted by Crippen LogP contribution is 2.25. The molecule has 9 heteroatoms. The normalized spacial score (nSPS) is 14.8. The summed E-state index contributed by atoms with van der Waals surface area (Å²) < 4.78 is 25.5. The maximum absolute atomic E-state index is 12.5. The summed E-state index contributed by atoms with van der Waals surface area (Å²) in [5.74, 6) is -0.537. The molecule has 174 valence electrons. The fraction of sp³-hybridized carbons (Fsp3) is 0.120. The number of nitrogens with zero attached hydrogens (tertiary/aromatic N) is 1. The van der Waals surface area contributed by atoms with Crippen LogP contribution < -0.4 is 14.9 Å². The number of nitrogens with one attached hydrogen (secondary N) is 2. The molecule has 0 saturated carbocycles. The second kappa shape index (κ2) is 10.1. The van der Waals surface area contributed by atoms with Crippen LogP contribution in [0.1, 0.15) is 22.3 Å². The van der Waals surface area contributed by atoms with Crippen LogP contribution in [-0.4, -0.2) is 32.5 Å². The molecule has 0 aromatic heterocycles. The highest BCUT2D eigenvalue weighted by atomic mass is 35.5. The van der Waals surface area contributed by atoms with E-state index in [9.17, 15) is 18.0 Å². The summed E-state index contributed by atoms with van der Waals surface area (Å²) in [5, 5.41) is 6.09. The summed E-state index contributed by atoms with van der Waals surface area (Å²) in [6, 6.07) is 20.3. The fourth-order valence-electron chi connectivity index (χ4n) is 3.52. The molecule has 1 heterocycles. The van der Waals surface area contributed by atoms with Gasteiger partial charge in [0.25, 0.3) is 5.91 Å². The summed E-state index contributed by atoms with van der Waals surface area (Å²) in [6.07, 6.45) is 3.62.